The van der Waals surface area contributed by atoms with Crippen LogP contribution in [0.3, 0.4) is 0 Å². The maximum absolute atomic E-state index is 6.50. The van der Waals surface area contributed by atoms with E-state index in [4.69, 9.17) is 9.16 Å². The SMILES string of the molecule is CC(C)(C)[Si](C)(C)OC1CCC(Oc2ncccc2I)C1. The summed E-state index contributed by atoms with van der Waals surface area (Å²) in [6.07, 6.45) is 5.52. The third-order valence-corrected chi connectivity index (χ3v) is 9.96. The van der Waals surface area contributed by atoms with Crippen molar-refractivity contribution in [2.24, 2.45) is 0 Å². The molecule has 1 saturated carbocycles. The average Bonchev–Trinajstić information content (AvgIpc) is 2.77. The molecule has 1 aromatic heterocycles. The quantitative estimate of drug-likeness (QED) is 0.508. The zero-order chi connectivity index (χ0) is 15.7. The maximum Gasteiger partial charge on any atom is 0.227 e. The molecule has 0 radical (unpaired) electrons. The Labute approximate surface area is 143 Å². The van der Waals surface area contributed by atoms with Gasteiger partial charge in [-0.2, -0.15) is 0 Å². The van der Waals surface area contributed by atoms with Gasteiger partial charge >= 0.3 is 0 Å². The zero-order valence-electron chi connectivity index (χ0n) is 13.6. The molecule has 3 nitrogen and oxygen atoms in total. The first-order valence-electron chi connectivity index (χ1n) is 7.64. The topological polar surface area (TPSA) is 31.4 Å². The second-order valence-electron chi connectivity index (χ2n) is 7.34. The Kier molecular flexibility index (Phi) is 5.36. The highest BCUT2D eigenvalue weighted by atomic mass is 127. The van der Waals surface area contributed by atoms with Crippen molar-refractivity contribution in [3.8, 4) is 5.88 Å². The number of nitrogens with zero attached hydrogens (tertiary/aromatic N) is 1. The summed E-state index contributed by atoms with van der Waals surface area (Å²) in [4.78, 5) is 4.32. The summed E-state index contributed by atoms with van der Waals surface area (Å²) >= 11 is 2.27. The van der Waals surface area contributed by atoms with E-state index < -0.39 is 8.32 Å². The van der Waals surface area contributed by atoms with E-state index in [1.54, 1.807) is 6.20 Å². The molecule has 1 fully saturated rings. The molecule has 1 heterocycles. The van der Waals surface area contributed by atoms with Crippen molar-refractivity contribution < 1.29 is 9.16 Å². The molecule has 0 bridgehead atoms. The van der Waals surface area contributed by atoms with E-state index in [9.17, 15) is 0 Å². The molecule has 1 aliphatic carbocycles. The Hall–Kier alpha value is -0.143. The van der Waals surface area contributed by atoms with E-state index in [0.29, 0.717) is 6.10 Å². The molecule has 0 amide bonds. The Morgan fingerprint density at radius 3 is 2.52 bits per heavy atom. The average molecular weight is 419 g/mol. The molecule has 5 heteroatoms. The van der Waals surface area contributed by atoms with Gasteiger partial charge in [0.15, 0.2) is 8.32 Å². The van der Waals surface area contributed by atoms with Crippen molar-refractivity contribution in [1.82, 2.24) is 4.98 Å². The molecule has 0 aromatic carbocycles. The van der Waals surface area contributed by atoms with Crippen LogP contribution in [-0.4, -0.2) is 25.5 Å². The van der Waals surface area contributed by atoms with E-state index in [0.717, 1.165) is 28.7 Å². The lowest BCUT2D eigenvalue weighted by molar-refractivity contribution is 0.151. The zero-order valence-corrected chi connectivity index (χ0v) is 16.8. The van der Waals surface area contributed by atoms with E-state index in [2.05, 4.69) is 61.4 Å². The molecule has 2 rings (SSSR count). The van der Waals surface area contributed by atoms with Gasteiger partial charge in [-0.15, -0.1) is 0 Å². The van der Waals surface area contributed by atoms with Gasteiger partial charge in [0, 0.05) is 18.7 Å². The van der Waals surface area contributed by atoms with Crippen molar-refractivity contribution in [2.75, 3.05) is 0 Å². The predicted molar refractivity (Wildman–Crippen MR) is 97.3 cm³/mol. The van der Waals surface area contributed by atoms with Crippen molar-refractivity contribution in [3.05, 3.63) is 21.9 Å². The molecular formula is C16H26INO2Si. The summed E-state index contributed by atoms with van der Waals surface area (Å²) in [5.41, 5.74) is 0. The fourth-order valence-corrected chi connectivity index (χ4v) is 4.20. The molecule has 0 saturated heterocycles. The van der Waals surface area contributed by atoms with Crippen molar-refractivity contribution in [2.45, 2.75) is 70.4 Å². The summed E-state index contributed by atoms with van der Waals surface area (Å²) in [5.74, 6) is 0.760. The summed E-state index contributed by atoms with van der Waals surface area (Å²) in [5, 5.41) is 0.266. The van der Waals surface area contributed by atoms with Crippen LogP contribution in [-0.2, 0) is 4.43 Å². The molecule has 2 atom stereocenters. The molecule has 0 N–H and O–H groups in total. The summed E-state index contributed by atoms with van der Waals surface area (Å²) in [6.45, 7) is 11.5. The second kappa shape index (κ2) is 6.54. The fourth-order valence-electron chi connectivity index (χ4n) is 2.32. The van der Waals surface area contributed by atoms with E-state index in [1.807, 2.05) is 12.1 Å². The number of hydrogen-bond acceptors (Lipinski definition) is 3. The monoisotopic (exact) mass is 419 g/mol. The standard InChI is InChI=1S/C16H26INO2Si/c1-16(2,3)21(4,5)20-13-9-8-12(11-13)19-15-14(17)7-6-10-18-15/h6-7,10,12-13H,8-9,11H2,1-5H3. The summed E-state index contributed by atoms with van der Waals surface area (Å²) in [7, 11) is -1.68. The predicted octanol–water partition coefficient (Wildman–Crippen LogP) is 5.01. The van der Waals surface area contributed by atoms with Crippen LogP contribution in [0.2, 0.25) is 18.1 Å². The first-order chi connectivity index (χ1) is 9.69. The van der Waals surface area contributed by atoms with Gasteiger partial charge in [-0.05, 0) is 65.7 Å². The van der Waals surface area contributed by atoms with Crippen LogP contribution in [0, 0.1) is 3.57 Å². The second-order valence-corrected chi connectivity index (χ2v) is 13.3. The van der Waals surface area contributed by atoms with Gasteiger partial charge in [-0.25, -0.2) is 4.98 Å². The van der Waals surface area contributed by atoms with E-state index >= 15 is 0 Å². The van der Waals surface area contributed by atoms with Gasteiger partial charge in [-0.3, -0.25) is 0 Å². The number of aromatic nitrogens is 1. The lowest BCUT2D eigenvalue weighted by Crippen LogP contribution is -2.43. The molecule has 1 aliphatic rings. The molecule has 0 spiro atoms. The summed E-state index contributed by atoms with van der Waals surface area (Å²) in [6, 6.07) is 3.97. The van der Waals surface area contributed by atoms with Crippen LogP contribution < -0.4 is 4.74 Å². The fraction of sp³-hybridized carbons (Fsp3) is 0.688. The normalized spacial score (nSPS) is 23.3. The molecule has 2 unspecified atom stereocenters. The lowest BCUT2D eigenvalue weighted by Gasteiger charge is -2.38. The third kappa shape index (κ3) is 4.42. The Balaban J connectivity index is 1.91. The number of halogens is 1. The minimum atomic E-state index is -1.68. The number of rotatable bonds is 4. The van der Waals surface area contributed by atoms with Gasteiger partial charge < -0.3 is 9.16 Å². The highest BCUT2D eigenvalue weighted by Gasteiger charge is 2.41. The van der Waals surface area contributed by atoms with Gasteiger partial charge in [-0.1, -0.05) is 20.8 Å². The maximum atomic E-state index is 6.50. The molecule has 1 aromatic rings. The minimum Gasteiger partial charge on any atom is -0.473 e. The number of ether oxygens (including phenoxy) is 1. The molecule has 0 aliphatic heterocycles. The van der Waals surface area contributed by atoms with Crippen LogP contribution >= 0.6 is 22.6 Å². The lowest BCUT2D eigenvalue weighted by atomic mass is 10.2. The van der Waals surface area contributed by atoms with Gasteiger partial charge in [0.1, 0.15) is 6.10 Å². The van der Waals surface area contributed by atoms with Gasteiger partial charge in [0.05, 0.1) is 3.57 Å². The Morgan fingerprint density at radius 2 is 1.90 bits per heavy atom. The van der Waals surface area contributed by atoms with Crippen molar-refractivity contribution in [1.29, 1.82) is 0 Å². The molecular weight excluding hydrogens is 393 g/mol. The first kappa shape index (κ1) is 17.2. The van der Waals surface area contributed by atoms with Gasteiger partial charge in [0.25, 0.3) is 0 Å². The highest BCUT2D eigenvalue weighted by Crippen LogP contribution is 2.39. The largest absolute Gasteiger partial charge is 0.473 e. The highest BCUT2D eigenvalue weighted by molar-refractivity contribution is 14.1. The number of hydrogen-bond donors (Lipinski definition) is 0. The van der Waals surface area contributed by atoms with Crippen molar-refractivity contribution >= 4 is 30.9 Å². The van der Waals surface area contributed by atoms with E-state index in [-0.39, 0.29) is 11.1 Å². The van der Waals surface area contributed by atoms with Crippen LogP contribution in [0.5, 0.6) is 5.88 Å². The summed E-state index contributed by atoms with van der Waals surface area (Å²) < 4.78 is 13.6. The third-order valence-electron chi connectivity index (χ3n) is 4.61. The minimum absolute atomic E-state index is 0.239. The first-order valence-corrected chi connectivity index (χ1v) is 11.6. The van der Waals surface area contributed by atoms with Crippen LogP contribution in [0.15, 0.2) is 18.3 Å². The van der Waals surface area contributed by atoms with Crippen molar-refractivity contribution in [3.63, 3.8) is 0 Å². The van der Waals surface area contributed by atoms with Crippen LogP contribution in [0.4, 0.5) is 0 Å². The van der Waals surface area contributed by atoms with Gasteiger partial charge in [0.2, 0.25) is 5.88 Å². The van der Waals surface area contributed by atoms with E-state index in [1.165, 1.54) is 0 Å². The smallest absolute Gasteiger partial charge is 0.227 e. The Bertz CT molecular complexity index is 487. The number of pyridine rings is 1. The van der Waals surface area contributed by atoms with Crippen LogP contribution in [0.25, 0.3) is 0 Å². The van der Waals surface area contributed by atoms with Crippen LogP contribution in [0.1, 0.15) is 40.0 Å². The molecule has 118 valence electrons. The molecule has 21 heavy (non-hydrogen) atoms. The Morgan fingerprint density at radius 1 is 1.24 bits per heavy atom.